The zero-order chi connectivity index (χ0) is 11.7. The smallest absolute Gasteiger partial charge is 0.0320 e. The Labute approximate surface area is 95.7 Å². The van der Waals surface area contributed by atoms with Gasteiger partial charge >= 0.3 is 0 Å². The van der Waals surface area contributed by atoms with E-state index in [9.17, 15) is 0 Å². The largest absolute Gasteiger partial charge is 0.386 e. The normalized spacial score (nSPS) is 14.3. The van der Waals surface area contributed by atoms with Crippen LogP contribution in [0.25, 0.3) is 0 Å². The van der Waals surface area contributed by atoms with Crippen molar-refractivity contribution in [3.8, 4) is 0 Å². The summed E-state index contributed by atoms with van der Waals surface area (Å²) < 4.78 is 0. The van der Waals surface area contributed by atoms with Crippen molar-refractivity contribution in [3.63, 3.8) is 0 Å². The van der Waals surface area contributed by atoms with Crippen LogP contribution in [0.1, 0.15) is 52.9 Å². The summed E-state index contributed by atoms with van der Waals surface area (Å²) in [6.07, 6.45) is 8.20. The molecule has 88 valence electrons. The van der Waals surface area contributed by atoms with Gasteiger partial charge in [0.15, 0.2) is 0 Å². The van der Waals surface area contributed by atoms with Crippen LogP contribution in [0.2, 0.25) is 0 Å². The summed E-state index contributed by atoms with van der Waals surface area (Å²) in [4.78, 5) is 0. The molecule has 1 N–H and O–H groups in total. The highest BCUT2D eigenvalue weighted by atomic mass is 14.9. The van der Waals surface area contributed by atoms with E-state index in [-0.39, 0.29) is 0 Å². The Morgan fingerprint density at radius 1 is 1.40 bits per heavy atom. The minimum atomic E-state index is 0.525. The van der Waals surface area contributed by atoms with Crippen molar-refractivity contribution in [1.29, 1.82) is 0 Å². The highest BCUT2D eigenvalue weighted by molar-refractivity contribution is 4.93. The van der Waals surface area contributed by atoms with Crippen LogP contribution in [0, 0.1) is 5.92 Å². The van der Waals surface area contributed by atoms with Crippen molar-refractivity contribution in [1.82, 2.24) is 5.32 Å². The molecule has 0 amide bonds. The molecule has 0 spiro atoms. The average Bonchev–Trinajstić information content (AvgIpc) is 2.18. The first-order chi connectivity index (χ1) is 7.15. The summed E-state index contributed by atoms with van der Waals surface area (Å²) >= 11 is 0. The fourth-order valence-electron chi connectivity index (χ4n) is 2.02. The Morgan fingerprint density at radius 3 is 2.47 bits per heavy atom. The summed E-state index contributed by atoms with van der Waals surface area (Å²) in [5.74, 6) is 0.750. The molecule has 0 aliphatic heterocycles. The SMILES string of the molecule is C=CCC(NC(=C)C)C(CC)CCCC. The second kappa shape index (κ2) is 8.58. The zero-order valence-corrected chi connectivity index (χ0v) is 10.7. The van der Waals surface area contributed by atoms with Gasteiger partial charge in [0.05, 0.1) is 0 Å². The maximum Gasteiger partial charge on any atom is 0.0320 e. The van der Waals surface area contributed by atoms with E-state index in [0.717, 1.165) is 18.0 Å². The maximum absolute atomic E-state index is 3.93. The molecule has 0 aliphatic carbocycles. The highest BCUT2D eigenvalue weighted by Crippen LogP contribution is 2.20. The molecule has 0 bridgehead atoms. The lowest BCUT2D eigenvalue weighted by Gasteiger charge is -2.27. The number of hydrogen-bond donors (Lipinski definition) is 1. The number of hydrogen-bond acceptors (Lipinski definition) is 1. The molecule has 0 saturated carbocycles. The molecule has 0 aromatic carbocycles. The molecule has 0 fully saturated rings. The lowest BCUT2D eigenvalue weighted by atomic mass is 9.89. The number of nitrogens with one attached hydrogen (secondary N) is 1. The van der Waals surface area contributed by atoms with Crippen molar-refractivity contribution in [2.24, 2.45) is 5.92 Å². The van der Waals surface area contributed by atoms with Crippen molar-refractivity contribution >= 4 is 0 Å². The van der Waals surface area contributed by atoms with E-state index < -0.39 is 0 Å². The van der Waals surface area contributed by atoms with E-state index in [1.165, 1.54) is 25.7 Å². The Balaban J connectivity index is 4.24. The summed E-state index contributed by atoms with van der Waals surface area (Å²) in [5.41, 5.74) is 1.07. The lowest BCUT2D eigenvalue weighted by Crippen LogP contribution is -2.34. The van der Waals surface area contributed by atoms with Gasteiger partial charge in [0.25, 0.3) is 0 Å². The molecular weight excluding hydrogens is 182 g/mol. The molecule has 0 aromatic heterocycles. The Hall–Kier alpha value is -0.720. The van der Waals surface area contributed by atoms with Gasteiger partial charge in [0.2, 0.25) is 0 Å². The second-order valence-electron chi connectivity index (χ2n) is 4.37. The first-order valence-electron chi connectivity index (χ1n) is 6.18. The van der Waals surface area contributed by atoms with E-state index in [0.29, 0.717) is 6.04 Å². The van der Waals surface area contributed by atoms with E-state index in [1.54, 1.807) is 0 Å². The predicted molar refractivity (Wildman–Crippen MR) is 69.9 cm³/mol. The van der Waals surface area contributed by atoms with E-state index in [4.69, 9.17) is 0 Å². The number of allylic oxidation sites excluding steroid dienone is 1. The molecule has 0 heterocycles. The molecule has 2 unspecified atom stereocenters. The first-order valence-corrected chi connectivity index (χ1v) is 6.18. The molecule has 0 saturated heterocycles. The van der Waals surface area contributed by atoms with Crippen LogP contribution in [-0.2, 0) is 0 Å². The van der Waals surface area contributed by atoms with Gasteiger partial charge in [-0.1, -0.05) is 45.8 Å². The monoisotopic (exact) mass is 209 g/mol. The molecule has 1 nitrogen and oxygen atoms in total. The third kappa shape index (κ3) is 6.38. The zero-order valence-electron chi connectivity index (χ0n) is 10.7. The molecule has 0 radical (unpaired) electrons. The van der Waals surface area contributed by atoms with E-state index in [1.807, 2.05) is 13.0 Å². The van der Waals surface area contributed by atoms with Gasteiger partial charge in [-0.3, -0.25) is 0 Å². The van der Waals surface area contributed by atoms with Crippen LogP contribution < -0.4 is 5.32 Å². The standard InChI is InChI=1S/C14H27N/c1-6-9-11-13(8-3)14(10-7-2)15-12(4)5/h7,13-15H,2,4,6,8-11H2,1,3,5H3. The van der Waals surface area contributed by atoms with Crippen LogP contribution in [0.3, 0.4) is 0 Å². The van der Waals surface area contributed by atoms with E-state index >= 15 is 0 Å². The third-order valence-corrected chi connectivity index (χ3v) is 2.87. The fraction of sp³-hybridized carbons (Fsp3) is 0.714. The number of rotatable bonds is 9. The van der Waals surface area contributed by atoms with Gasteiger partial charge in [0, 0.05) is 11.7 Å². The highest BCUT2D eigenvalue weighted by Gasteiger charge is 2.17. The molecule has 0 aliphatic rings. The van der Waals surface area contributed by atoms with E-state index in [2.05, 4.69) is 32.3 Å². The van der Waals surface area contributed by atoms with Crippen molar-refractivity contribution < 1.29 is 0 Å². The second-order valence-corrected chi connectivity index (χ2v) is 4.37. The van der Waals surface area contributed by atoms with Crippen LogP contribution in [0.15, 0.2) is 24.9 Å². The average molecular weight is 209 g/mol. The molecule has 1 heteroatoms. The topological polar surface area (TPSA) is 12.0 Å². The summed E-state index contributed by atoms with van der Waals surface area (Å²) in [6.45, 7) is 14.3. The van der Waals surface area contributed by atoms with Gasteiger partial charge in [-0.15, -0.1) is 6.58 Å². The van der Waals surface area contributed by atoms with Gasteiger partial charge < -0.3 is 5.32 Å². The van der Waals surface area contributed by atoms with Crippen molar-refractivity contribution in [2.45, 2.75) is 58.9 Å². The first kappa shape index (κ1) is 14.3. The molecule has 15 heavy (non-hydrogen) atoms. The maximum atomic E-state index is 3.93. The van der Waals surface area contributed by atoms with Gasteiger partial charge in [-0.05, 0) is 25.7 Å². The van der Waals surface area contributed by atoms with Crippen LogP contribution in [0.4, 0.5) is 0 Å². The minimum absolute atomic E-state index is 0.525. The molecule has 0 aromatic rings. The molecule has 2 atom stereocenters. The van der Waals surface area contributed by atoms with Crippen LogP contribution in [0.5, 0.6) is 0 Å². The molecule has 0 rings (SSSR count). The van der Waals surface area contributed by atoms with Crippen LogP contribution in [-0.4, -0.2) is 6.04 Å². The lowest BCUT2D eigenvalue weighted by molar-refractivity contribution is 0.336. The summed E-state index contributed by atoms with van der Waals surface area (Å²) in [7, 11) is 0. The minimum Gasteiger partial charge on any atom is -0.386 e. The fourth-order valence-corrected chi connectivity index (χ4v) is 2.02. The van der Waals surface area contributed by atoms with Gasteiger partial charge in [-0.25, -0.2) is 0 Å². The van der Waals surface area contributed by atoms with Crippen molar-refractivity contribution in [2.75, 3.05) is 0 Å². The quantitative estimate of drug-likeness (QED) is 0.559. The third-order valence-electron chi connectivity index (χ3n) is 2.87. The summed E-state index contributed by atoms with van der Waals surface area (Å²) in [6, 6.07) is 0.525. The Kier molecular flexibility index (Phi) is 8.17. The predicted octanol–water partition coefficient (Wildman–Crippen LogP) is 4.27. The molecular formula is C14H27N. The van der Waals surface area contributed by atoms with Crippen molar-refractivity contribution in [3.05, 3.63) is 24.9 Å². The number of unbranched alkanes of at least 4 members (excludes halogenated alkanes) is 1. The Bertz CT molecular complexity index is 184. The van der Waals surface area contributed by atoms with Gasteiger partial charge in [0.1, 0.15) is 0 Å². The van der Waals surface area contributed by atoms with Crippen LogP contribution >= 0.6 is 0 Å². The van der Waals surface area contributed by atoms with Gasteiger partial charge in [-0.2, -0.15) is 0 Å². The Morgan fingerprint density at radius 2 is 2.07 bits per heavy atom. The summed E-state index contributed by atoms with van der Waals surface area (Å²) in [5, 5.41) is 3.47.